The van der Waals surface area contributed by atoms with Crippen LogP contribution in [-0.2, 0) is 20.7 Å². The van der Waals surface area contributed by atoms with Gasteiger partial charge >= 0.3 is 12.1 Å². The van der Waals surface area contributed by atoms with Crippen LogP contribution in [0.5, 0.6) is 5.88 Å². The third-order valence-electron chi connectivity index (χ3n) is 5.76. The average Bonchev–Trinajstić information content (AvgIpc) is 2.86. The molecule has 0 radical (unpaired) electrons. The van der Waals surface area contributed by atoms with Crippen LogP contribution in [0.1, 0.15) is 71.3 Å². The summed E-state index contributed by atoms with van der Waals surface area (Å²) in [6, 6.07) is 11.1. The van der Waals surface area contributed by atoms with Gasteiger partial charge in [0.05, 0.1) is 24.8 Å². The first-order valence-electron chi connectivity index (χ1n) is 12.7. The molecule has 0 aliphatic rings. The molecule has 1 aromatic heterocycles. The Kier molecular flexibility index (Phi) is 12.7. The Morgan fingerprint density at radius 2 is 1.69 bits per heavy atom. The first-order valence-corrected chi connectivity index (χ1v) is 12.7. The lowest BCUT2D eigenvalue weighted by Gasteiger charge is -2.21. The van der Waals surface area contributed by atoms with E-state index in [4.69, 9.17) is 9.47 Å². The van der Waals surface area contributed by atoms with Crippen molar-refractivity contribution in [3.8, 4) is 17.1 Å². The van der Waals surface area contributed by atoms with E-state index >= 15 is 0 Å². The molecular formula is C27H37F3N2O4. The van der Waals surface area contributed by atoms with E-state index in [0.29, 0.717) is 5.69 Å². The van der Waals surface area contributed by atoms with Gasteiger partial charge in [-0.15, -0.1) is 10.2 Å². The van der Waals surface area contributed by atoms with Gasteiger partial charge in [-0.25, -0.2) is 0 Å². The van der Waals surface area contributed by atoms with Gasteiger partial charge < -0.3 is 14.2 Å². The number of halogens is 3. The predicted octanol–water partition coefficient (Wildman–Crippen LogP) is 6.71. The van der Waals surface area contributed by atoms with Crippen LogP contribution in [0.15, 0.2) is 36.4 Å². The fourth-order valence-electron chi connectivity index (χ4n) is 3.36. The Labute approximate surface area is 211 Å². The summed E-state index contributed by atoms with van der Waals surface area (Å²) in [6.07, 6.45) is 0.354. The van der Waals surface area contributed by atoms with Gasteiger partial charge in [0.1, 0.15) is 6.61 Å². The van der Waals surface area contributed by atoms with Crippen LogP contribution in [0.3, 0.4) is 0 Å². The summed E-state index contributed by atoms with van der Waals surface area (Å²) in [7, 11) is 0. The molecule has 1 heterocycles. The summed E-state index contributed by atoms with van der Waals surface area (Å²) in [5, 5.41) is 7.93. The highest BCUT2D eigenvalue weighted by molar-refractivity contribution is 5.69. The van der Waals surface area contributed by atoms with Crippen LogP contribution in [-0.4, -0.2) is 47.8 Å². The average molecular weight is 511 g/mol. The quantitative estimate of drug-likeness (QED) is 0.185. The Hall–Kier alpha value is -2.68. The highest BCUT2D eigenvalue weighted by atomic mass is 19.4. The van der Waals surface area contributed by atoms with Gasteiger partial charge in [0.2, 0.25) is 12.0 Å². The number of hydrogen-bond acceptors (Lipinski definition) is 6. The van der Waals surface area contributed by atoms with Crippen LogP contribution in [0.4, 0.5) is 13.2 Å². The van der Waals surface area contributed by atoms with Gasteiger partial charge in [-0.2, -0.15) is 13.2 Å². The maximum absolute atomic E-state index is 13.3. The summed E-state index contributed by atoms with van der Waals surface area (Å²) >= 11 is 0. The lowest BCUT2D eigenvalue weighted by molar-refractivity contribution is -0.227. The van der Waals surface area contributed by atoms with Crippen LogP contribution in [0.25, 0.3) is 11.3 Å². The zero-order chi connectivity index (χ0) is 26.4. The summed E-state index contributed by atoms with van der Waals surface area (Å²) in [6.45, 7) is 5.00. The molecule has 0 bridgehead atoms. The van der Waals surface area contributed by atoms with Gasteiger partial charge in [-0.3, -0.25) is 4.79 Å². The molecule has 0 fully saturated rings. The maximum atomic E-state index is 13.3. The van der Waals surface area contributed by atoms with Gasteiger partial charge in [0.15, 0.2) is 0 Å². The molecule has 0 amide bonds. The highest BCUT2D eigenvalue weighted by Crippen LogP contribution is 2.25. The Bertz CT molecular complexity index is 889. The summed E-state index contributed by atoms with van der Waals surface area (Å²) < 4.78 is 55.0. The number of aryl methyl sites for hydroxylation is 1. The molecule has 200 valence electrons. The molecule has 0 saturated heterocycles. The molecule has 0 N–H and O–H groups in total. The lowest BCUT2D eigenvalue weighted by Crippen LogP contribution is -2.39. The molecule has 1 aromatic carbocycles. The number of benzene rings is 1. The molecule has 2 aromatic rings. The fourth-order valence-corrected chi connectivity index (χ4v) is 3.36. The van der Waals surface area contributed by atoms with Gasteiger partial charge in [0.25, 0.3) is 0 Å². The zero-order valence-electron chi connectivity index (χ0n) is 21.4. The minimum Gasteiger partial charge on any atom is -0.472 e. The zero-order valence-corrected chi connectivity index (χ0v) is 21.4. The Morgan fingerprint density at radius 1 is 0.972 bits per heavy atom. The van der Waals surface area contributed by atoms with Gasteiger partial charge in [-0.1, -0.05) is 63.8 Å². The van der Waals surface area contributed by atoms with E-state index in [-0.39, 0.29) is 25.0 Å². The molecule has 9 heteroatoms. The molecule has 0 spiro atoms. The monoisotopic (exact) mass is 510 g/mol. The van der Waals surface area contributed by atoms with Crippen molar-refractivity contribution in [2.75, 3.05) is 13.2 Å². The third-order valence-corrected chi connectivity index (χ3v) is 5.76. The molecule has 0 saturated carbocycles. The van der Waals surface area contributed by atoms with Gasteiger partial charge in [0, 0.05) is 11.6 Å². The number of hydrogen-bond donors (Lipinski definition) is 0. The van der Waals surface area contributed by atoms with Crippen LogP contribution in [0.2, 0.25) is 0 Å². The number of nitrogens with zero attached hydrogens (tertiary/aromatic N) is 2. The molecular weight excluding hydrogens is 473 g/mol. The molecule has 36 heavy (non-hydrogen) atoms. The van der Waals surface area contributed by atoms with Crippen molar-refractivity contribution in [2.45, 2.75) is 90.5 Å². The molecule has 2 unspecified atom stereocenters. The second-order valence-electron chi connectivity index (χ2n) is 8.79. The van der Waals surface area contributed by atoms with Crippen molar-refractivity contribution in [1.29, 1.82) is 0 Å². The van der Waals surface area contributed by atoms with E-state index < -0.39 is 24.9 Å². The van der Waals surface area contributed by atoms with Crippen molar-refractivity contribution in [3.05, 3.63) is 42.0 Å². The van der Waals surface area contributed by atoms with Crippen molar-refractivity contribution >= 4 is 5.97 Å². The molecule has 6 nitrogen and oxygen atoms in total. The number of aromatic nitrogens is 2. The molecule has 2 rings (SSSR count). The first kappa shape index (κ1) is 29.5. The van der Waals surface area contributed by atoms with Crippen molar-refractivity contribution < 1.29 is 32.2 Å². The number of carbonyl (C=O) groups excluding carboxylic acids is 1. The Balaban J connectivity index is 1.85. The lowest BCUT2D eigenvalue weighted by atomic mass is 10.0. The first-order chi connectivity index (χ1) is 17.2. The standard InChI is InChI=1S/C27H37F3N2O4/c1-4-6-7-8-9-10-21-11-13-22(14-12-21)23-15-16-25(32-31-23)35-19-24(27(28,29)30)36-26(33)17-18-34-20(3)5-2/h11-16,20,24H,4-10,17-19H2,1-3H3. The number of rotatable bonds is 16. The van der Waals surface area contributed by atoms with Crippen molar-refractivity contribution in [2.24, 2.45) is 0 Å². The van der Waals surface area contributed by atoms with Gasteiger partial charge in [-0.05, 0) is 37.8 Å². The van der Waals surface area contributed by atoms with E-state index in [1.165, 1.54) is 37.3 Å². The van der Waals surface area contributed by atoms with E-state index in [2.05, 4.69) is 34.0 Å². The number of unbranched alkanes of at least 4 members (excludes halogenated alkanes) is 4. The molecule has 2 atom stereocenters. The second-order valence-corrected chi connectivity index (χ2v) is 8.79. The van der Waals surface area contributed by atoms with E-state index in [1.807, 2.05) is 26.0 Å². The fraction of sp³-hybridized carbons (Fsp3) is 0.593. The predicted molar refractivity (Wildman–Crippen MR) is 132 cm³/mol. The molecule has 0 aliphatic heterocycles. The number of esters is 1. The SMILES string of the molecule is CCCCCCCc1ccc(-c2ccc(OCC(OC(=O)CCOC(C)CC)C(F)(F)F)nn2)cc1. The second kappa shape index (κ2) is 15.4. The van der Waals surface area contributed by atoms with Crippen molar-refractivity contribution in [3.63, 3.8) is 0 Å². The van der Waals surface area contributed by atoms with Crippen molar-refractivity contribution in [1.82, 2.24) is 10.2 Å². The molecule has 0 aliphatic carbocycles. The maximum Gasteiger partial charge on any atom is 0.428 e. The normalized spacial score (nSPS) is 13.3. The van der Waals surface area contributed by atoms with E-state index in [1.54, 1.807) is 6.07 Å². The van der Waals surface area contributed by atoms with E-state index in [9.17, 15) is 18.0 Å². The topological polar surface area (TPSA) is 70.5 Å². The summed E-state index contributed by atoms with van der Waals surface area (Å²) in [5.74, 6) is -1.09. The van der Waals surface area contributed by atoms with Crippen LogP contribution >= 0.6 is 0 Å². The van der Waals surface area contributed by atoms with E-state index in [0.717, 1.165) is 24.8 Å². The van der Waals surface area contributed by atoms with Crippen LogP contribution in [0, 0.1) is 0 Å². The Morgan fingerprint density at radius 3 is 2.31 bits per heavy atom. The summed E-state index contributed by atoms with van der Waals surface area (Å²) in [5.41, 5.74) is 2.68. The highest BCUT2D eigenvalue weighted by Gasteiger charge is 2.43. The van der Waals surface area contributed by atoms with Crippen LogP contribution < -0.4 is 4.74 Å². The summed E-state index contributed by atoms with van der Waals surface area (Å²) in [4.78, 5) is 11.8. The number of carbonyl (C=O) groups is 1. The minimum absolute atomic E-state index is 0.00779. The number of alkyl halides is 3. The third kappa shape index (κ3) is 10.9. The minimum atomic E-state index is -4.78. The smallest absolute Gasteiger partial charge is 0.428 e. The number of ether oxygens (including phenoxy) is 3. The largest absolute Gasteiger partial charge is 0.472 e.